The molecule has 5 heteroatoms. The van der Waals surface area contributed by atoms with Crippen molar-refractivity contribution >= 4 is 0 Å². The van der Waals surface area contributed by atoms with Gasteiger partial charge in [-0.2, -0.15) is 0 Å². The number of aryl methyl sites for hydroxylation is 2. The molecule has 3 rings (SSSR count). The summed E-state index contributed by atoms with van der Waals surface area (Å²) in [5.41, 5.74) is 1.74. The van der Waals surface area contributed by atoms with Gasteiger partial charge < -0.3 is 0 Å². The molecule has 3 aromatic rings. The third kappa shape index (κ3) is 3.08. The minimum Gasteiger partial charge on any atom is -0.285 e. The summed E-state index contributed by atoms with van der Waals surface area (Å²) >= 11 is 0. The lowest BCUT2D eigenvalue weighted by atomic mass is 10.1. The second kappa shape index (κ2) is 6.20. The Morgan fingerprint density at radius 1 is 0.957 bits per heavy atom. The van der Waals surface area contributed by atoms with Crippen LogP contribution in [-0.4, -0.2) is 9.36 Å². The third-order valence-electron chi connectivity index (χ3n) is 3.88. The summed E-state index contributed by atoms with van der Waals surface area (Å²) in [6.45, 7) is 0. The van der Waals surface area contributed by atoms with Crippen LogP contribution in [0.4, 0.5) is 8.78 Å². The summed E-state index contributed by atoms with van der Waals surface area (Å²) in [6, 6.07) is 14.0. The molecule has 0 aliphatic carbocycles. The van der Waals surface area contributed by atoms with E-state index in [9.17, 15) is 13.6 Å². The summed E-state index contributed by atoms with van der Waals surface area (Å²) < 4.78 is 29.8. The maximum atomic E-state index is 13.9. The molecule has 0 aliphatic heterocycles. The molecule has 1 heterocycles. The van der Waals surface area contributed by atoms with E-state index in [0.29, 0.717) is 12.8 Å². The quantitative estimate of drug-likeness (QED) is 0.726. The lowest BCUT2D eigenvalue weighted by Crippen LogP contribution is -2.20. The minimum atomic E-state index is -0.444. The predicted molar refractivity (Wildman–Crippen MR) is 84.8 cm³/mol. The van der Waals surface area contributed by atoms with Crippen LogP contribution in [0, 0.1) is 11.6 Å². The predicted octanol–water partition coefficient (Wildman–Crippen LogP) is 3.24. The van der Waals surface area contributed by atoms with Crippen molar-refractivity contribution in [3.05, 3.63) is 87.8 Å². The van der Waals surface area contributed by atoms with Crippen molar-refractivity contribution in [3.8, 4) is 5.69 Å². The van der Waals surface area contributed by atoms with Gasteiger partial charge in [-0.05, 0) is 42.7 Å². The number of benzene rings is 2. The molecule has 0 aliphatic rings. The summed E-state index contributed by atoms with van der Waals surface area (Å²) in [5.74, 6) is -0.715. The summed E-state index contributed by atoms with van der Waals surface area (Å²) in [4.78, 5) is 12.2. The fourth-order valence-electron chi connectivity index (χ4n) is 2.63. The first-order valence-corrected chi connectivity index (χ1v) is 7.33. The van der Waals surface area contributed by atoms with E-state index < -0.39 is 5.82 Å². The third-order valence-corrected chi connectivity index (χ3v) is 3.88. The Kier molecular flexibility index (Phi) is 4.10. The Bertz CT molecular complexity index is 879. The van der Waals surface area contributed by atoms with E-state index in [1.807, 2.05) is 0 Å². The number of rotatable bonds is 4. The smallest absolute Gasteiger partial charge is 0.271 e. The van der Waals surface area contributed by atoms with E-state index in [1.54, 1.807) is 42.1 Å². The minimum absolute atomic E-state index is 0.230. The Morgan fingerprint density at radius 3 is 2.35 bits per heavy atom. The van der Waals surface area contributed by atoms with Crippen molar-refractivity contribution < 1.29 is 8.78 Å². The van der Waals surface area contributed by atoms with Gasteiger partial charge in [0.15, 0.2) is 0 Å². The maximum Gasteiger partial charge on any atom is 0.271 e. The first-order valence-electron chi connectivity index (χ1n) is 7.33. The zero-order valence-electron chi connectivity index (χ0n) is 12.7. The molecular formula is C18H16F2N2O. The fourth-order valence-corrected chi connectivity index (χ4v) is 2.63. The van der Waals surface area contributed by atoms with Gasteiger partial charge in [0.25, 0.3) is 5.56 Å². The Morgan fingerprint density at radius 2 is 1.65 bits per heavy atom. The normalized spacial score (nSPS) is 10.9. The SMILES string of the molecule is Cn1c(CCc2ccc(F)cc2)cc(=O)n1-c1ccccc1F. The van der Waals surface area contributed by atoms with Crippen molar-refractivity contribution in [2.24, 2.45) is 7.05 Å². The molecule has 0 unspecified atom stereocenters. The zero-order chi connectivity index (χ0) is 16.4. The lowest BCUT2D eigenvalue weighted by molar-refractivity contribution is 0.563. The summed E-state index contributed by atoms with van der Waals surface area (Å²) in [7, 11) is 1.73. The monoisotopic (exact) mass is 314 g/mol. The molecule has 0 N–H and O–H groups in total. The van der Waals surface area contributed by atoms with Gasteiger partial charge in [-0.15, -0.1) is 0 Å². The zero-order valence-corrected chi connectivity index (χ0v) is 12.7. The molecule has 0 saturated heterocycles. The highest BCUT2D eigenvalue weighted by atomic mass is 19.1. The number of halogens is 2. The van der Waals surface area contributed by atoms with Crippen molar-refractivity contribution in [2.75, 3.05) is 0 Å². The van der Waals surface area contributed by atoms with Crippen LogP contribution in [0.3, 0.4) is 0 Å². The van der Waals surface area contributed by atoms with E-state index in [4.69, 9.17) is 0 Å². The number of para-hydroxylation sites is 1. The van der Waals surface area contributed by atoms with Crippen LogP contribution in [0.1, 0.15) is 11.3 Å². The molecule has 0 atom stereocenters. The Hall–Kier alpha value is -2.69. The molecule has 3 nitrogen and oxygen atoms in total. The average molecular weight is 314 g/mol. The van der Waals surface area contributed by atoms with Gasteiger partial charge in [0.2, 0.25) is 0 Å². The van der Waals surface area contributed by atoms with Gasteiger partial charge in [0.1, 0.15) is 17.3 Å². The van der Waals surface area contributed by atoms with E-state index in [1.165, 1.54) is 28.9 Å². The van der Waals surface area contributed by atoms with Crippen molar-refractivity contribution in [1.82, 2.24) is 9.36 Å². The van der Waals surface area contributed by atoms with E-state index in [2.05, 4.69) is 0 Å². The van der Waals surface area contributed by atoms with Crippen LogP contribution in [0.5, 0.6) is 0 Å². The fraction of sp³-hybridized carbons (Fsp3) is 0.167. The van der Waals surface area contributed by atoms with Gasteiger partial charge in [0.05, 0.1) is 0 Å². The molecular weight excluding hydrogens is 298 g/mol. The van der Waals surface area contributed by atoms with Gasteiger partial charge in [-0.3, -0.25) is 9.48 Å². The van der Waals surface area contributed by atoms with E-state index in [0.717, 1.165) is 11.3 Å². The Labute approximate surface area is 132 Å². The topological polar surface area (TPSA) is 26.9 Å². The van der Waals surface area contributed by atoms with E-state index in [-0.39, 0.29) is 17.1 Å². The Balaban J connectivity index is 1.88. The highest BCUT2D eigenvalue weighted by Crippen LogP contribution is 2.13. The first kappa shape index (κ1) is 15.2. The molecule has 0 radical (unpaired) electrons. The van der Waals surface area contributed by atoms with Crippen LogP contribution in [0.2, 0.25) is 0 Å². The largest absolute Gasteiger partial charge is 0.285 e. The van der Waals surface area contributed by atoms with E-state index >= 15 is 0 Å². The molecule has 23 heavy (non-hydrogen) atoms. The van der Waals surface area contributed by atoms with Crippen LogP contribution < -0.4 is 5.56 Å². The molecule has 0 spiro atoms. The number of nitrogens with zero attached hydrogens (tertiary/aromatic N) is 2. The molecule has 0 fully saturated rings. The standard InChI is InChI=1S/C18H16F2N2O/c1-21-15(11-8-13-6-9-14(19)10-7-13)12-18(23)22(21)17-5-3-2-4-16(17)20/h2-7,9-10,12H,8,11H2,1H3. The van der Waals surface area contributed by atoms with Crippen LogP contribution >= 0.6 is 0 Å². The lowest BCUT2D eigenvalue weighted by Gasteiger charge is -2.11. The second-order valence-corrected chi connectivity index (χ2v) is 5.39. The summed E-state index contributed by atoms with van der Waals surface area (Å²) in [6.07, 6.45) is 1.29. The number of hydrogen-bond donors (Lipinski definition) is 0. The van der Waals surface area contributed by atoms with Crippen LogP contribution in [0.15, 0.2) is 59.4 Å². The molecule has 0 amide bonds. The van der Waals surface area contributed by atoms with Crippen molar-refractivity contribution in [2.45, 2.75) is 12.8 Å². The highest BCUT2D eigenvalue weighted by Gasteiger charge is 2.13. The molecule has 0 saturated carbocycles. The average Bonchev–Trinajstić information content (AvgIpc) is 2.82. The van der Waals surface area contributed by atoms with Gasteiger partial charge >= 0.3 is 0 Å². The number of aromatic nitrogens is 2. The molecule has 1 aromatic heterocycles. The van der Waals surface area contributed by atoms with Crippen molar-refractivity contribution in [1.29, 1.82) is 0 Å². The molecule has 2 aromatic carbocycles. The molecule has 0 bridgehead atoms. The molecule has 118 valence electrons. The van der Waals surface area contributed by atoms with Crippen LogP contribution in [-0.2, 0) is 19.9 Å². The van der Waals surface area contributed by atoms with Crippen molar-refractivity contribution in [3.63, 3.8) is 0 Å². The highest BCUT2D eigenvalue weighted by molar-refractivity contribution is 5.33. The van der Waals surface area contributed by atoms with Gasteiger partial charge in [0, 0.05) is 18.8 Å². The van der Waals surface area contributed by atoms with Gasteiger partial charge in [-0.1, -0.05) is 24.3 Å². The van der Waals surface area contributed by atoms with Gasteiger partial charge in [-0.25, -0.2) is 13.5 Å². The number of hydrogen-bond acceptors (Lipinski definition) is 1. The maximum absolute atomic E-state index is 13.9. The summed E-state index contributed by atoms with van der Waals surface area (Å²) in [5, 5.41) is 0. The second-order valence-electron chi connectivity index (χ2n) is 5.39. The first-order chi connectivity index (χ1) is 11.1. The van der Waals surface area contributed by atoms with Crippen LogP contribution in [0.25, 0.3) is 5.69 Å².